The number of aryl methyl sites for hydroxylation is 1. The van der Waals surface area contributed by atoms with Crippen LogP contribution < -0.4 is 5.32 Å². The van der Waals surface area contributed by atoms with E-state index in [4.69, 9.17) is 11.6 Å². The maximum absolute atomic E-state index is 11.6. The van der Waals surface area contributed by atoms with Crippen molar-refractivity contribution in [3.63, 3.8) is 0 Å². The summed E-state index contributed by atoms with van der Waals surface area (Å²) in [6, 6.07) is 7.52. The van der Waals surface area contributed by atoms with Gasteiger partial charge in [-0.2, -0.15) is 0 Å². The molecule has 0 unspecified atom stereocenters. The molecular formula is C12H12ClN3O. The highest BCUT2D eigenvalue weighted by Crippen LogP contribution is 2.16. The van der Waals surface area contributed by atoms with Crippen LogP contribution in [0.2, 0.25) is 5.02 Å². The average Bonchev–Trinajstić information content (AvgIpc) is 2.81. The predicted octanol–water partition coefficient (Wildman–Crippen LogP) is 2.63. The van der Waals surface area contributed by atoms with Crippen LogP contribution in [0.4, 0.5) is 5.95 Å². The smallest absolute Gasteiger partial charge is 0.227 e. The van der Waals surface area contributed by atoms with E-state index in [1.54, 1.807) is 12.4 Å². The Balaban J connectivity index is 1.86. The topological polar surface area (TPSA) is 57.8 Å². The van der Waals surface area contributed by atoms with Crippen molar-refractivity contribution in [3.05, 3.63) is 47.2 Å². The fourth-order valence-electron chi connectivity index (χ4n) is 1.48. The van der Waals surface area contributed by atoms with E-state index in [1.165, 1.54) is 0 Å². The number of nitrogens with one attached hydrogen (secondary N) is 2. The minimum absolute atomic E-state index is 0.0835. The third kappa shape index (κ3) is 3.32. The molecule has 2 rings (SSSR count). The van der Waals surface area contributed by atoms with E-state index in [0.717, 1.165) is 5.56 Å². The first-order valence-corrected chi connectivity index (χ1v) is 5.66. The number of rotatable bonds is 4. The molecule has 0 spiro atoms. The lowest BCUT2D eigenvalue weighted by molar-refractivity contribution is -0.116. The molecule has 4 nitrogen and oxygen atoms in total. The second kappa shape index (κ2) is 5.50. The standard InChI is InChI=1S/C12H12ClN3O/c13-10-4-2-1-3-9(10)5-6-11(17)16-12-14-7-8-15-12/h1-4,7-8H,5-6H2,(H2,14,15,16,17). The second-order valence-corrected chi connectivity index (χ2v) is 3.98. The molecule has 0 atom stereocenters. The molecule has 2 N–H and O–H groups in total. The Morgan fingerprint density at radius 1 is 1.41 bits per heavy atom. The molecular weight excluding hydrogens is 238 g/mol. The van der Waals surface area contributed by atoms with Crippen LogP contribution in [0.3, 0.4) is 0 Å². The molecule has 5 heteroatoms. The molecule has 1 aromatic heterocycles. The minimum Gasteiger partial charge on any atom is -0.331 e. The average molecular weight is 250 g/mol. The first-order chi connectivity index (χ1) is 8.25. The highest BCUT2D eigenvalue weighted by molar-refractivity contribution is 6.31. The van der Waals surface area contributed by atoms with E-state index < -0.39 is 0 Å². The Labute approximate surface area is 104 Å². The van der Waals surface area contributed by atoms with E-state index in [0.29, 0.717) is 23.8 Å². The molecule has 88 valence electrons. The maximum atomic E-state index is 11.6. The molecule has 2 aromatic rings. The Bertz CT molecular complexity index is 496. The molecule has 0 radical (unpaired) electrons. The number of nitrogens with zero attached hydrogens (tertiary/aromatic N) is 1. The number of imidazole rings is 1. The first-order valence-electron chi connectivity index (χ1n) is 5.28. The van der Waals surface area contributed by atoms with Crippen molar-refractivity contribution in [2.24, 2.45) is 0 Å². The van der Waals surface area contributed by atoms with Crippen molar-refractivity contribution in [1.29, 1.82) is 0 Å². The van der Waals surface area contributed by atoms with Crippen molar-refractivity contribution < 1.29 is 4.79 Å². The van der Waals surface area contributed by atoms with Crippen molar-refractivity contribution in [2.75, 3.05) is 5.32 Å². The zero-order chi connectivity index (χ0) is 12.1. The lowest BCUT2D eigenvalue weighted by Gasteiger charge is -2.04. The maximum Gasteiger partial charge on any atom is 0.227 e. The molecule has 0 aliphatic rings. The van der Waals surface area contributed by atoms with Gasteiger partial charge in [-0.25, -0.2) is 4.98 Å². The molecule has 1 amide bonds. The summed E-state index contributed by atoms with van der Waals surface area (Å²) in [6.45, 7) is 0. The molecule has 0 bridgehead atoms. The monoisotopic (exact) mass is 249 g/mol. The van der Waals surface area contributed by atoms with Gasteiger partial charge in [0.05, 0.1) is 0 Å². The zero-order valence-corrected chi connectivity index (χ0v) is 9.87. The summed E-state index contributed by atoms with van der Waals surface area (Å²) in [4.78, 5) is 18.3. The van der Waals surface area contributed by atoms with Gasteiger partial charge >= 0.3 is 0 Å². The molecule has 0 aliphatic carbocycles. The number of hydrogen-bond donors (Lipinski definition) is 2. The van der Waals surface area contributed by atoms with E-state index in [9.17, 15) is 4.79 Å². The molecule has 0 saturated carbocycles. The number of aromatic amines is 1. The molecule has 1 aromatic carbocycles. The van der Waals surface area contributed by atoms with E-state index in [-0.39, 0.29) is 5.91 Å². The third-order valence-corrected chi connectivity index (χ3v) is 2.70. The summed E-state index contributed by atoms with van der Waals surface area (Å²) >= 11 is 6.00. The first kappa shape index (κ1) is 11.7. The fraction of sp³-hybridized carbons (Fsp3) is 0.167. The summed E-state index contributed by atoms with van der Waals surface area (Å²) in [5, 5.41) is 3.36. The van der Waals surface area contributed by atoms with E-state index >= 15 is 0 Å². The Morgan fingerprint density at radius 2 is 2.24 bits per heavy atom. The SMILES string of the molecule is O=C(CCc1ccccc1Cl)Nc1ncc[nH]1. The normalized spacial score (nSPS) is 10.2. The third-order valence-electron chi connectivity index (χ3n) is 2.34. The van der Waals surface area contributed by atoms with Gasteiger partial charge < -0.3 is 4.98 Å². The van der Waals surface area contributed by atoms with Gasteiger partial charge in [0.15, 0.2) is 0 Å². The number of aromatic nitrogens is 2. The van der Waals surface area contributed by atoms with Gasteiger partial charge in [0.25, 0.3) is 0 Å². The van der Waals surface area contributed by atoms with E-state index in [1.807, 2.05) is 24.3 Å². The molecule has 0 aliphatic heterocycles. The summed E-state index contributed by atoms with van der Waals surface area (Å²) in [6.07, 6.45) is 4.24. The summed E-state index contributed by atoms with van der Waals surface area (Å²) in [7, 11) is 0. The van der Waals surface area contributed by atoms with Crippen molar-refractivity contribution in [3.8, 4) is 0 Å². The van der Waals surface area contributed by atoms with Gasteiger partial charge in [0, 0.05) is 23.8 Å². The van der Waals surface area contributed by atoms with Gasteiger partial charge in [-0.05, 0) is 18.1 Å². The van der Waals surface area contributed by atoms with Crippen molar-refractivity contribution in [1.82, 2.24) is 9.97 Å². The van der Waals surface area contributed by atoms with Crippen LogP contribution >= 0.6 is 11.6 Å². The zero-order valence-electron chi connectivity index (χ0n) is 9.11. The number of halogens is 1. The number of H-pyrrole nitrogens is 1. The van der Waals surface area contributed by atoms with Gasteiger partial charge in [-0.1, -0.05) is 29.8 Å². The summed E-state index contributed by atoms with van der Waals surface area (Å²) in [5.41, 5.74) is 0.976. The highest BCUT2D eigenvalue weighted by atomic mass is 35.5. The highest BCUT2D eigenvalue weighted by Gasteiger charge is 2.05. The molecule has 1 heterocycles. The molecule has 17 heavy (non-hydrogen) atoms. The summed E-state index contributed by atoms with van der Waals surface area (Å²) < 4.78 is 0. The number of anilines is 1. The van der Waals surface area contributed by atoms with E-state index in [2.05, 4.69) is 15.3 Å². The van der Waals surface area contributed by atoms with Gasteiger partial charge in [0.1, 0.15) is 0 Å². The Morgan fingerprint density at radius 3 is 2.94 bits per heavy atom. The largest absolute Gasteiger partial charge is 0.331 e. The van der Waals surface area contributed by atoms with Gasteiger partial charge in [0.2, 0.25) is 11.9 Å². The number of hydrogen-bond acceptors (Lipinski definition) is 2. The van der Waals surface area contributed by atoms with Gasteiger partial charge in [-0.3, -0.25) is 10.1 Å². The fourth-order valence-corrected chi connectivity index (χ4v) is 1.71. The quantitative estimate of drug-likeness (QED) is 0.875. The molecule has 0 fully saturated rings. The van der Waals surface area contributed by atoms with Crippen molar-refractivity contribution in [2.45, 2.75) is 12.8 Å². The van der Waals surface area contributed by atoms with Gasteiger partial charge in [-0.15, -0.1) is 0 Å². The van der Waals surface area contributed by atoms with Crippen LogP contribution in [0.15, 0.2) is 36.7 Å². The number of benzene rings is 1. The van der Waals surface area contributed by atoms with Crippen LogP contribution in [0.1, 0.15) is 12.0 Å². The van der Waals surface area contributed by atoms with Crippen LogP contribution in [0.5, 0.6) is 0 Å². The number of carbonyl (C=O) groups excluding carboxylic acids is 1. The second-order valence-electron chi connectivity index (χ2n) is 3.58. The van der Waals surface area contributed by atoms with Crippen LogP contribution in [0, 0.1) is 0 Å². The number of amides is 1. The lowest BCUT2D eigenvalue weighted by atomic mass is 10.1. The Kier molecular flexibility index (Phi) is 3.77. The predicted molar refractivity (Wildman–Crippen MR) is 67.0 cm³/mol. The summed E-state index contributed by atoms with van der Waals surface area (Å²) in [5.74, 6) is 0.383. The van der Waals surface area contributed by atoms with Crippen LogP contribution in [-0.2, 0) is 11.2 Å². The van der Waals surface area contributed by atoms with Crippen LogP contribution in [-0.4, -0.2) is 15.9 Å². The minimum atomic E-state index is -0.0835. The molecule has 0 saturated heterocycles. The lowest BCUT2D eigenvalue weighted by Crippen LogP contribution is -2.13. The van der Waals surface area contributed by atoms with Crippen molar-refractivity contribution >= 4 is 23.5 Å². The van der Waals surface area contributed by atoms with Crippen LogP contribution in [0.25, 0.3) is 0 Å². The number of carbonyl (C=O) groups is 1. The Hall–Kier alpha value is -1.81.